The number of rotatable bonds is 4. The van der Waals surface area contributed by atoms with E-state index in [9.17, 15) is 0 Å². The van der Waals surface area contributed by atoms with Crippen molar-refractivity contribution in [2.75, 3.05) is 26.2 Å². The number of aromatic nitrogens is 2. The first-order chi connectivity index (χ1) is 12.4. The summed E-state index contributed by atoms with van der Waals surface area (Å²) in [7, 11) is 0. The minimum Gasteiger partial charge on any atom is -0.299 e. The van der Waals surface area contributed by atoms with E-state index in [0.29, 0.717) is 5.92 Å². The lowest BCUT2D eigenvalue weighted by atomic mass is 9.89. The van der Waals surface area contributed by atoms with E-state index in [1.165, 1.54) is 96.0 Å². The SMILES string of the molecule is c1nc(C2CCCCC2)ncc1CN1CCCN(C2CCCC2)CC1. The topological polar surface area (TPSA) is 32.3 Å². The van der Waals surface area contributed by atoms with Gasteiger partial charge in [-0.1, -0.05) is 32.1 Å². The Labute approximate surface area is 153 Å². The fourth-order valence-corrected chi connectivity index (χ4v) is 5.06. The molecule has 2 saturated carbocycles. The molecule has 25 heavy (non-hydrogen) atoms. The summed E-state index contributed by atoms with van der Waals surface area (Å²) in [6, 6.07) is 0.873. The molecule has 1 saturated heterocycles. The Morgan fingerprint density at radius 1 is 0.760 bits per heavy atom. The molecule has 3 fully saturated rings. The van der Waals surface area contributed by atoms with E-state index >= 15 is 0 Å². The van der Waals surface area contributed by atoms with Crippen LogP contribution < -0.4 is 0 Å². The van der Waals surface area contributed by atoms with Crippen molar-refractivity contribution >= 4 is 0 Å². The summed E-state index contributed by atoms with van der Waals surface area (Å²) in [5.74, 6) is 1.70. The highest BCUT2D eigenvalue weighted by atomic mass is 15.2. The van der Waals surface area contributed by atoms with Gasteiger partial charge in [0.25, 0.3) is 0 Å². The summed E-state index contributed by atoms with van der Waals surface area (Å²) in [6.45, 7) is 5.96. The molecule has 4 nitrogen and oxygen atoms in total. The van der Waals surface area contributed by atoms with Gasteiger partial charge < -0.3 is 0 Å². The molecule has 0 atom stereocenters. The smallest absolute Gasteiger partial charge is 0.131 e. The number of nitrogens with zero attached hydrogens (tertiary/aromatic N) is 4. The molecule has 0 amide bonds. The van der Waals surface area contributed by atoms with Gasteiger partial charge in [-0.2, -0.15) is 0 Å². The highest BCUT2D eigenvalue weighted by Crippen LogP contribution is 2.30. The van der Waals surface area contributed by atoms with Crippen molar-refractivity contribution < 1.29 is 0 Å². The molecule has 0 aromatic carbocycles. The van der Waals surface area contributed by atoms with Crippen molar-refractivity contribution in [2.24, 2.45) is 0 Å². The lowest BCUT2D eigenvalue weighted by molar-refractivity contribution is 0.198. The molecule has 0 N–H and O–H groups in total. The van der Waals surface area contributed by atoms with E-state index in [-0.39, 0.29) is 0 Å². The summed E-state index contributed by atoms with van der Waals surface area (Å²) < 4.78 is 0. The largest absolute Gasteiger partial charge is 0.299 e. The van der Waals surface area contributed by atoms with Crippen molar-refractivity contribution in [3.63, 3.8) is 0 Å². The van der Waals surface area contributed by atoms with Crippen LogP contribution in [0.5, 0.6) is 0 Å². The second kappa shape index (κ2) is 8.59. The van der Waals surface area contributed by atoms with Crippen LogP contribution in [0, 0.1) is 0 Å². The minimum atomic E-state index is 0.612. The monoisotopic (exact) mass is 342 g/mol. The van der Waals surface area contributed by atoms with Crippen LogP contribution >= 0.6 is 0 Å². The predicted molar refractivity (Wildman–Crippen MR) is 102 cm³/mol. The summed E-state index contributed by atoms with van der Waals surface area (Å²) >= 11 is 0. The molecule has 4 heteroatoms. The normalized spacial score (nSPS) is 25.3. The molecule has 0 bridgehead atoms. The van der Waals surface area contributed by atoms with E-state index in [1.54, 1.807) is 0 Å². The van der Waals surface area contributed by atoms with Crippen molar-refractivity contribution in [1.82, 2.24) is 19.8 Å². The molecule has 138 valence electrons. The molecule has 0 radical (unpaired) electrons. The van der Waals surface area contributed by atoms with Gasteiger partial charge in [0, 0.05) is 49.6 Å². The van der Waals surface area contributed by atoms with Crippen LogP contribution in [0.3, 0.4) is 0 Å². The maximum Gasteiger partial charge on any atom is 0.131 e. The van der Waals surface area contributed by atoms with Gasteiger partial charge in [-0.05, 0) is 45.2 Å². The number of hydrogen-bond acceptors (Lipinski definition) is 4. The highest BCUT2D eigenvalue weighted by Gasteiger charge is 2.25. The zero-order valence-electron chi connectivity index (χ0n) is 15.7. The van der Waals surface area contributed by atoms with Crippen LogP contribution in [-0.2, 0) is 6.54 Å². The summed E-state index contributed by atoms with van der Waals surface area (Å²) in [4.78, 5) is 14.8. The molecule has 2 heterocycles. The van der Waals surface area contributed by atoms with Gasteiger partial charge in [-0.25, -0.2) is 9.97 Å². The van der Waals surface area contributed by atoms with Gasteiger partial charge >= 0.3 is 0 Å². The van der Waals surface area contributed by atoms with Crippen LogP contribution in [-0.4, -0.2) is 52.0 Å². The molecule has 2 aliphatic carbocycles. The molecule has 1 aromatic heterocycles. The van der Waals surface area contributed by atoms with Crippen LogP contribution in [0.4, 0.5) is 0 Å². The Morgan fingerprint density at radius 2 is 1.48 bits per heavy atom. The molecule has 0 unspecified atom stereocenters. The van der Waals surface area contributed by atoms with Crippen LogP contribution in [0.1, 0.15) is 81.5 Å². The molecule has 4 rings (SSSR count). The Balaban J connectivity index is 1.29. The highest BCUT2D eigenvalue weighted by molar-refractivity contribution is 5.08. The third kappa shape index (κ3) is 4.59. The second-order valence-corrected chi connectivity index (χ2v) is 8.39. The Hall–Kier alpha value is -1.00. The lowest BCUT2D eigenvalue weighted by Crippen LogP contribution is -2.36. The quantitative estimate of drug-likeness (QED) is 0.828. The van der Waals surface area contributed by atoms with E-state index in [4.69, 9.17) is 9.97 Å². The maximum atomic E-state index is 4.72. The standard InChI is InChI=1S/C21H34N4/c1-2-7-19(8-3-1)21-22-15-18(16-23-21)17-24-11-6-12-25(14-13-24)20-9-4-5-10-20/h15-16,19-20H,1-14,17H2. The molecule has 3 aliphatic rings. The third-order valence-electron chi connectivity index (χ3n) is 6.57. The maximum absolute atomic E-state index is 4.72. The molecule has 1 aromatic rings. The summed E-state index contributed by atoms with van der Waals surface area (Å²) in [6.07, 6.45) is 17.9. The summed E-state index contributed by atoms with van der Waals surface area (Å²) in [5, 5.41) is 0. The van der Waals surface area contributed by atoms with Crippen molar-refractivity contribution in [3.8, 4) is 0 Å². The molecular weight excluding hydrogens is 308 g/mol. The van der Waals surface area contributed by atoms with Crippen molar-refractivity contribution in [3.05, 3.63) is 23.8 Å². The zero-order chi connectivity index (χ0) is 16.9. The fraction of sp³-hybridized carbons (Fsp3) is 0.810. The van der Waals surface area contributed by atoms with Gasteiger partial charge in [0.15, 0.2) is 0 Å². The van der Waals surface area contributed by atoms with Crippen molar-refractivity contribution in [1.29, 1.82) is 0 Å². The number of hydrogen-bond donors (Lipinski definition) is 0. The Morgan fingerprint density at radius 3 is 2.24 bits per heavy atom. The summed E-state index contributed by atoms with van der Waals surface area (Å²) in [5.41, 5.74) is 1.29. The average molecular weight is 343 g/mol. The van der Waals surface area contributed by atoms with Gasteiger partial charge in [-0.15, -0.1) is 0 Å². The Bertz CT molecular complexity index is 517. The van der Waals surface area contributed by atoms with Gasteiger partial charge in [0.1, 0.15) is 5.82 Å². The van der Waals surface area contributed by atoms with E-state index < -0.39 is 0 Å². The van der Waals surface area contributed by atoms with Crippen LogP contribution in [0.2, 0.25) is 0 Å². The lowest BCUT2D eigenvalue weighted by Gasteiger charge is -2.27. The third-order valence-corrected chi connectivity index (χ3v) is 6.57. The predicted octanol–water partition coefficient (Wildman–Crippen LogP) is 3.97. The second-order valence-electron chi connectivity index (χ2n) is 8.39. The fourth-order valence-electron chi connectivity index (χ4n) is 5.06. The van der Waals surface area contributed by atoms with Crippen LogP contribution in [0.15, 0.2) is 12.4 Å². The zero-order valence-corrected chi connectivity index (χ0v) is 15.7. The van der Waals surface area contributed by atoms with Crippen molar-refractivity contribution in [2.45, 2.75) is 82.7 Å². The first kappa shape index (κ1) is 17.4. The van der Waals surface area contributed by atoms with Crippen LogP contribution in [0.25, 0.3) is 0 Å². The molecular formula is C21H34N4. The van der Waals surface area contributed by atoms with Gasteiger partial charge in [0.2, 0.25) is 0 Å². The van der Waals surface area contributed by atoms with E-state index in [2.05, 4.69) is 22.2 Å². The average Bonchev–Trinajstić information content (AvgIpc) is 3.11. The van der Waals surface area contributed by atoms with E-state index in [1.807, 2.05) is 0 Å². The van der Waals surface area contributed by atoms with Gasteiger partial charge in [-0.3, -0.25) is 9.80 Å². The Kier molecular flexibility index (Phi) is 5.98. The first-order valence-electron chi connectivity index (χ1n) is 10.7. The van der Waals surface area contributed by atoms with E-state index in [0.717, 1.165) is 18.4 Å². The van der Waals surface area contributed by atoms with Gasteiger partial charge in [0.05, 0.1) is 0 Å². The minimum absolute atomic E-state index is 0.612. The molecule has 0 spiro atoms. The first-order valence-corrected chi connectivity index (χ1v) is 10.7. The molecule has 1 aliphatic heterocycles.